The zero-order valence-corrected chi connectivity index (χ0v) is 18.4. The number of nitrogens with zero attached hydrogens (tertiary/aromatic N) is 1. The van der Waals surface area contributed by atoms with Crippen molar-refractivity contribution in [3.8, 4) is 5.75 Å². The first-order chi connectivity index (χ1) is 14.2. The second-order valence-corrected chi connectivity index (χ2v) is 8.48. The number of urea groups is 1. The SMILES string of the molecule is CC[C@@](O)(CNSC/C=C/CN1CC(=O)NC1=O)c1ccc(F)c(OCC(C)C)c1. The van der Waals surface area contributed by atoms with E-state index >= 15 is 0 Å². The third kappa shape index (κ3) is 7.00. The van der Waals surface area contributed by atoms with Gasteiger partial charge in [-0.3, -0.25) is 14.8 Å². The Labute approximate surface area is 181 Å². The molecule has 1 aliphatic heterocycles. The van der Waals surface area contributed by atoms with E-state index in [4.69, 9.17) is 4.74 Å². The summed E-state index contributed by atoms with van der Waals surface area (Å²) in [5, 5.41) is 13.3. The molecule has 1 aromatic carbocycles. The Morgan fingerprint density at radius 2 is 2.17 bits per heavy atom. The number of rotatable bonds is 12. The number of benzene rings is 1. The molecule has 2 rings (SSSR count). The van der Waals surface area contributed by atoms with E-state index in [9.17, 15) is 19.1 Å². The van der Waals surface area contributed by atoms with Crippen LogP contribution >= 0.6 is 11.9 Å². The fourth-order valence-corrected chi connectivity index (χ4v) is 3.46. The average molecular weight is 440 g/mol. The molecule has 0 bridgehead atoms. The minimum atomic E-state index is -1.16. The van der Waals surface area contributed by atoms with Gasteiger partial charge < -0.3 is 14.7 Å². The Morgan fingerprint density at radius 3 is 2.80 bits per heavy atom. The molecule has 1 saturated heterocycles. The van der Waals surface area contributed by atoms with Gasteiger partial charge in [-0.25, -0.2) is 9.18 Å². The fourth-order valence-electron chi connectivity index (χ4n) is 2.77. The second-order valence-electron chi connectivity index (χ2n) is 7.57. The smallest absolute Gasteiger partial charge is 0.324 e. The molecule has 0 unspecified atom stereocenters. The quantitative estimate of drug-likeness (QED) is 0.201. The van der Waals surface area contributed by atoms with Gasteiger partial charge in [-0.15, -0.1) is 0 Å². The Bertz CT molecular complexity index is 775. The van der Waals surface area contributed by atoms with Crippen LogP contribution in [0.2, 0.25) is 0 Å². The molecule has 3 amide bonds. The minimum absolute atomic E-state index is 0.0820. The number of halogens is 1. The molecule has 3 N–H and O–H groups in total. The highest BCUT2D eigenvalue weighted by Crippen LogP contribution is 2.30. The minimum Gasteiger partial charge on any atom is -0.490 e. The van der Waals surface area contributed by atoms with Crippen LogP contribution in [0.15, 0.2) is 30.4 Å². The number of hydrogen-bond acceptors (Lipinski definition) is 6. The summed E-state index contributed by atoms with van der Waals surface area (Å²) in [6, 6.07) is 4.09. The van der Waals surface area contributed by atoms with E-state index < -0.39 is 11.4 Å². The highest BCUT2D eigenvalue weighted by molar-refractivity contribution is 7.97. The van der Waals surface area contributed by atoms with Crippen molar-refractivity contribution in [2.24, 2.45) is 5.92 Å². The molecular formula is C21H30FN3O4S. The van der Waals surface area contributed by atoms with E-state index in [1.807, 2.05) is 32.9 Å². The van der Waals surface area contributed by atoms with Gasteiger partial charge in [-0.1, -0.05) is 50.9 Å². The molecule has 1 fully saturated rings. The molecular weight excluding hydrogens is 409 g/mol. The number of carbonyl (C=O) groups is 2. The second kappa shape index (κ2) is 11.3. The van der Waals surface area contributed by atoms with Crippen LogP contribution in [-0.4, -0.2) is 53.9 Å². The van der Waals surface area contributed by atoms with Gasteiger partial charge >= 0.3 is 6.03 Å². The van der Waals surface area contributed by atoms with Crippen molar-refractivity contribution in [1.82, 2.24) is 14.9 Å². The van der Waals surface area contributed by atoms with Gasteiger partial charge in [-0.05, 0) is 30.0 Å². The van der Waals surface area contributed by atoms with Crippen molar-refractivity contribution in [2.75, 3.05) is 32.0 Å². The highest BCUT2D eigenvalue weighted by atomic mass is 32.2. The Kier molecular flexibility index (Phi) is 9.13. The van der Waals surface area contributed by atoms with Gasteiger partial charge in [0.2, 0.25) is 5.91 Å². The van der Waals surface area contributed by atoms with E-state index in [2.05, 4.69) is 10.0 Å². The fraction of sp³-hybridized carbons (Fsp3) is 0.524. The summed E-state index contributed by atoms with van der Waals surface area (Å²) in [7, 11) is 0. The molecule has 166 valence electrons. The largest absolute Gasteiger partial charge is 0.490 e. The third-order valence-corrected chi connectivity index (χ3v) is 5.34. The zero-order valence-electron chi connectivity index (χ0n) is 17.6. The van der Waals surface area contributed by atoms with E-state index in [1.165, 1.54) is 22.9 Å². The molecule has 1 atom stereocenters. The molecule has 30 heavy (non-hydrogen) atoms. The molecule has 1 heterocycles. The van der Waals surface area contributed by atoms with Crippen LogP contribution in [0.25, 0.3) is 0 Å². The van der Waals surface area contributed by atoms with Crippen molar-refractivity contribution >= 4 is 23.9 Å². The monoisotopic (exact) mass is 439 g/mol. The van der Waals surface area contributed by atoms with Crippen molar-refractivity contribution in [3.05, 3.63) is 41.7 Å². The van der Waals surface area contributed by atoms with Crippen LogP contribution in [0, 0.1) is 11.7 Å². The van der Waals surface area contributed by atoms with Crippen molar-refractivity contribution in [1.29, 1.82) is 0 Å². The molecule has 9 heteroatoms. The highest BCUT2D eigenvalue weighted by Gasteiger charge is 2.28. The van der Waals surface area contributed by atoms with E-state index in [-0.39, 0.29) is 36.7 Å². The predicted octanol–water partition coefficient (Wildman–Crippen LogP) is 2.80. The Morgan fingerprint density at radius 1 is 1.40 bits per heavy atom. The van der Waals surface area contributed by atoms with E-state index in [1.54, 1.807) is 12.1 Å². The van der Waals surface area contributed by atoms with Gasteiger partial charge in [-0.2, -0.15) is 0 Å². The topological polar surface area (TPSA) is 90.9 Å². The maximum absolute atomic E-state index is 14.0. The molecule has 0 aliphatic carbocycles. The van der Waals surface area contributed by atoms with Crippen LogP contribution in [0.3, 0.4) is 0 Å². The lowest BCUT2D eigenvalue weighted by Gasteiger charge is -2.28. The zero-order chi connectivity index (χ0) is 22.1. The Hall–Kier alpha value is -2.10. The van der Waals surface area contributed by atoms with Crippen LogP contribution in [0.4, 0.5) is 9.18 Å². The van der Waals surface area contributed by atoms with Crippen molar-refractivity contribution in [2.45, 2.75) is 32.8 Å². The van der Waals surface area contributed by atoms with E-state index in [0.717, 1.165) is 0 Å². The first-order valence-electron chi connectivity index (χ1n) is 9.98. The van der Waals surface area contributed by atoms with Crippen LogP contribution in [0.1, 0.15) is 32.8 Å². The number of nitrogens with one attached hydrogen (secondary N) is 2. The van der Waals surface area contributed by atoms with Gasteiger partial charge in [0.15, 0.2) is 11.6 Å². The third-order valence-electron chi connectivity index (χ3n) is 4.63. The van der Waals surface area contributed by atoms with Gasteiger partial charge in [0.05, 0.1) is 6.61 Å². The van der Waals surface area contributed by atoms with Gasteiger partial charge in [0, 0.05) is 18.8 Å². The molecule has 1 aromatic rings. The van der Waals surface area contributed by atoms with Crippen molar-refractivity contribution in [3.63, 3.8) is 0 Å². The summed E-state index contributed by atoms with van der Waals surface area (Å²) >= 11 is 1.41. The summed E-state index contributed by atoms with van der Waals surface area (Å²) in [6.45, 7) is 6.97. The number of ether oxygens (including phenoxy) is 1. The molecule has 7 nitrogen and oxygen atoms in total. The summed E-state index contributed by atoms with van der Waals surface area (Å²) < 4.78 is 22.7. The molecule has 1 aliphatic rings. The number of carbonyl (C=O) groups excluding carboxylic acids is 2. The summed E-state index contributed by atoms with van der Waals surface area (Å²) in [5.41, 5.74) is -0.563. The predicted molar refractivity (Wildman–Crippen MR) is 116 cm³/mol. The van der Waals surface area contributed by atoms with Gasteiger partial charge in [0.1, 0.15) is 12.1 Å². The molecule has 0 radical (unpaired) electrons. The lowest BCUT2D eigenvalue weighted by molar-refractivity contribution is -0.118. The number of hydrogen-bond donors (Lipinski definition) is 3. The number of imide groups is 1. The van der Waals surface area contributed by atoms with Crippen molar-refractivity contribution < 1.29 is 23.8 Å². The standard InChI is InChI=1S/C21H30FN3O4S/c1-4-21(28,16-7-8-17(22)18(11-16)29-13-15(2)3)14-23-30-10-6-5-9-25-12-19(26)24-20(25)27/h5-8,11,15,23,28H,4,9-10,12-14H2,1-3H3,(H,24,26,27)/b6-5+/t21-/m1/s1. The summed E-state index contributed by atoms with van der Waals surface area (Å²) in [6.07, 6.45) is 4.15. The number of amides is 3. The van der Waals surface area contributed by atoms with E-state index in [0.29, 0.717) is 30.9 Å². The first kappa shape index (κ1) is 24.2. The molecule has 0 saturated carbocycles. The van der Waals surface area contributed by atoms with Crippen LogP contribution in [-0.2, 0) is 10.4 Å². The maximum atomic E-state index is 14.0. The maximum Gasteiger partial charge on any atom is 0.324 e. The van der Waals surface area contributed by atoms with Crippen LogP contribution < -0.4 is 14.8 Å². The first-order valence-corrected chi connectivity index (χ1v) is 11.0. The lowest BCUT2D eigenvalue weighted by atomic mass is 9.91. The number of aliphatic hydroxyl groups is 1. The summed E-state index contributed by atoms with van der Waals surface area (Å²) in [5.74, 6) is 0.299. The lowest BCUT2D eigenvalue weighted by Crippen LogP contribution is -2.35. The van der Waals surface area contributed by atoms with Gasteiger partial charge in [0.25, 0.3) is 0 Å². The molecule has 0 aromatic heterocycles. The normalized spacial score (nSPS) is 16.4. The molecule has 0 spiro atoms. The Balaban J connectivity index is 1.82. The summed E-state index contributed by atoms with van der Waals surface area (Å²) in [4.78, 5) is 24.0. The van der Waals surface area contributed by atoms with Crippen LogP contribution in [0.5, 0.6) is 5.75 Å². The average Bonchev–Trinajstić information content (AvgIpc) is 3.03.